The highest BCUT2D eigenvalue weighted by atomic mass is 32.1. The summed E-state index contributed by atoms with van der Waals surface area (Å²) >= 11 is 2.58. The minimum atomic E-state index is -0.482. The Labute approximate surface area is 130 Å². The minimum Gasteiger partial charge on any atom is -0.297 e. The average molecular weight is 325 g/mol. The number of nitrogens with zero attached hydrogens (tertiary/aromatic N) is 2. The third-order valence-electron chi connectivity index (χ3n) is 3.53. The summed E-state index contributed by atoms with van der Waals surface area (Å²) in [6.45, 7) is 6.21. The zero-order chi connectivity index (χ0) is 15.0. The maximum Gasteiger partial charge on any atom is 0.270 e. The van der Waals surface area contributed by atoms with Crippen LogP contribution in [-0.4, -0.2) is 28.4 Å². The number of fused-ring (bicyclic) bond motifs is 1. The van der Waals surface area contributed by atoms with Gasteiger partial charge in [-0.15, -0.1) is 22.7 Å². The van der Waals surface area contributed by atoms with E-state index in [0.717, 1.165) is 36.5 Å². The Balaban J connectivity index is 1.74. The fraction of sp³-hybridized carbons (Fsp3) is 0.429. The number of hydrogen-bond acceptors (Lipinski definition) is 5. The van der Waals surface area contributed by atoms with E-state index < -0.39 is 11.7 Å². The van der Waals surface area contributed by atoms with Gasteiger partial charge in [-0.3, -0.25) is 15.0 Å². The molecule has 0 saturated heterocycles. The van der Waals surface area contributed by atoms with Gasteiger partial charge in [-0.05, 0) is 25.3 Å². The highest BCUT2D eigenvalue weighted by Crippen LogP contribution is 2.29. The number of halogens is 1. The molecule has 0 unspecified atom stereocenters. The van der Waals surface area contributed by atoms with Crippen LogP contribution in [0.2, 0.25) is 0 Å². The first kappa shape index (κ1) is 14.6. The van der Waals surface area contributed by atoms with E-state index in [4.69, 9.17) is 0 Å². The summed E-state index contributed by atoms with van der Waals surface area (Å²) in [6, 6.07) is 1.80. The van der Waals surface area contributed by atoms with E-state index in [-0.39, 0.29) is 4.88 Å². The zero-order valence-electron chi connectivity index (χ0n) is 11.9. The monoisotopic (exact) mass is 325 g/mol. The van der Waals surface area contributed by atoms with Crippen molar-refractivity contribution < 1.29 is 9.18 Å². The number of thiazole rings is 1. The van der Waals surface area contributed by atoms with Gasteiger partial charge in [0.1, 0.15) is 10.7 Å². The molecule has 0 bridgehead atoms. The number of nitrogens with one attached hydrogen (secondary N) is 1. The maximum absolute atomic E-state index is 13.4. The standard InChI is InChI=1S/C14H16FN3OS2/c1-8(2)18-5-3-10-11(7-18)21-14(16-10)17-13(19)12-9(15)4-6-20-12/h4,6,8H,3,5,7H2,1-2H3,(H,16,17,19). The smallest absolute Gasteiger partial charge is 0.270 e. The van der Waals surface area contributed by atoms with E-state index in [9.17, 15) is 9.18 Å². The van der Waals surface area contributed by atoms with Gasteiger partial charge < -0.3 is 0 Å². The van der Waals surface area contributed by atoms with Gasteiger partial charge in [-0.1, -0.05) is 0 Å². The quantitative estimate of drug-likeness (QED) is 0.941. The molecule has 0 aliphatic carbocycles. The number of hydrogen-bond donors (Lipinski definition) is 1. The summed E-state index contributed by atoms with van der Waals surface area (Å²) in [7, 11) is 0. The van der Waals surface area contributed by atoms with E-state index in [1.54, 1.807) is 5.38 Å². The molecule has 0 atom stereocenters. The second kappa shape index (κ2) is 5.82. The maximum atomic E-state index is 13.4. The molecule has 3 rings (SSSR count). The first-order valence-corrected chi connectivity index (χ1v) is 8.51. The largest absolute Gasteiger partial charge is 0.297 e. The van der Waals surface area contributed by atoms with Gasteiger partial charge in [0, 0.05) is 30.4 Å². The number of thiophene rings is 1. The van der Waals surface area contributed by atoms with E-state index in [1.807, 2.05) is 0 Å². The van der Waals surface area contributed by atoms with Gasteiger partial charge in [0.05, 0.1) is 5.69 Å². The predicted octanol–water partition coefficient (Wildman–Crippen LogP) is 3.36. The van der Waals surface area contributed by atoms with Crippen molar-refractivity contribution in [1.82, 2.24) is 9.88 Å². The van der Waals surface area contributed by atoms with Crippen LogP contribution in [0.15, 0.2) is 11.4 Å². The summed E-state index contributed by atoms with van der Waals surface area (Å²) in [6.07, 6.45) is 0.896. The molecule has 3 heterocycles. The number of carbonyl (C=O) groups is 1. The normalized spacial score (nSPS) is 15.2. The van der Waals surface area contributed by atoms with Gasteiger partial charge in [0.25, 0.3) is 5.91 Å². The lowest BCUT2D eigenvalue weighted by Crippen LogP contribution is -2.35. The first-order chi connectivity index (χ1) is 10.0. The molecular formula is C14H16FN3OS2. The van der Waals surface area contributed by atoms with Crippen LogP contribution >= 0.6 is 22.7 Å². The van der Waals surface area contributed by atoms with Crippen molar-refractivity contribution in [3.63, 3.8) is 0 Å². The van der Waals surface area contributed by atoms with Crippen molar-refractivity contribution in [1.29, 1.82) is 0 Å². The Hall–Kier alpha value is -1.31. The SMILES string of the molecule is CC(C)N1CCc2nc(NC(=O)c3sccc3F)sc2C1. The summed E-state index contributed by atoms with van der Waals surface area (Å²) < 4.78 is 13.4. The lowest BCUT2D eigenvalue weighted by atomic mass is 10.1. The number of aromatic nitrogens is 1. The van der Waals surface area contributed by atoms with E-state index in [2.05, 4.69) is 29.0 Å². The number of rotatable bonds is 3. The molecule has 2 aromatic heterocycles. The Morgan fingerprint density at radius 3 is 3.00 bits per heavy atom. The molecule has 112 valence electrons. The molecule has 1 aliphatic rings. The molecule has 1 aliphatic heterocycles. The van der Waals surface area contributed by atoms with Crippen molar-refractivity contribution in [2.24, 2.45) is 0 Å². The van der Waals surface area contributed by atoms with Crippen LogP contribution in [0.4, 0.5) is 9.52 Å². The summed E-state index contributed by atoms with van der Waals surface area (Å²) in [4.78, 5) is 20.1. The van der Waals surface area contributed by atoms with Gasteiger partial charge in [-0.2, -0.15) is 0 Å². The molecule has 0 radical (unpaired) electrons. The van der Waals surface area contributed by atoms with Gasteiger partial charge in [0.2, 0.25) is 0 Å². The first-order valence-electron chi connectivity index (χ1n) is 6.81. The molecular weight excluding hydrogens is 309 g/mol. The van der Waals surface area contributed by atoms with Crippen molar-refractivity contribution in [3.8, 4) is 0 Å². The lowest BCUT2D eigenvalue weighted by molar-refractivity contribution is 0.102. The lowest BCUT2D eigenvalue weighted by Gasteiger charge is -2.29. The molecule has 2 aromatic rings. The van der Waals surface area contributed by atoms with Crippen LogP contribution in [0, 0.1) is 5.82 Å². The van der Waals surface area contributed by atoms with E-state index in [1.165, 1.54) is 22.3 Å². The molecule has 0 fully saturated rings. The molecule has 1 amide bonds. The van der Waals surface area contributed by atoms with Gasteiger partial charge in [0.15, 0.2) is 5.13 Å². The topological polar surface area (TPSA) is 45.2 Å². The second-order valence-electron chi connectivity index (χ2n) is 5.25. The van der Waals surface area contributed by atoms with Crippen LogP contribution < -0.4 is 5.32 Å². The highest BCUT2D eigenvalue weighted by molar-refractivity contribution is 7.16. The van der Waals surface area contributed by atoms with Crippen LogP contribution in [0.3, 0.4) is 0 Å². The molecule has 4 nitrogen and oxygen atoms in total. The van der Waals surface area contributed by atoms with Crippen molar-refractivity contribution >= 4 is 33.7 Å². The molecule has 7 heteroatoms. The van der Waals surface area contributed by atoms with Crippen LogP contribution in [0.1, 0.15) is 34.1 Å². The van der Waals surface area contributed by atoms with Crippen LogP contribution in [0.25, 0.3) is 0 Å². The fourth-order valence-corrected chi connectivity index (χ4v) is 4.01. The number of amides is 1. The fourth-order valence-electron chi connectivity index (χ4n) is 2.32. The van der Waals surface area contributed by atoms with Crippen molar-refractivity contribution in [2.45, 2.75) is 32.9 Å². The Morgan fingerprint density at radius 1 is 1.52 bits per heavy atom. The average Bonchev–Trinajstić information content (AvgIpc) is 3.02. The summed E-state index contributed by atoms with van der Waals surface area (Å²) in [5.74, 6) is -0.904. The Bertz CT molecular complexity index is 665. The van der Waals surface area contributed by atoms with E-state index >= 15 is 0 Å². The summed E-state index contributed by atoms with van der Waals surface area (Å²) in [5.41, 5.74) is 1.05. The number of carbonyl (C=O) groups excluding carboxylic acids is 1. The molecule has 0 aromatic carbocycles. The Morgan fingerprint density at radius 2 is 2.33 bits per heavy atom. The molecule has 0 spiro atoms. The predicted molar refractivity (Wildman–Crippen MR) is 83.6 cm³/mol. The van der Waals surface area contributed by atoms with Gasteiger partial charge in [-0.25, -0.2) is 9.37 Å². The van der Waals surface area contributed by atoms with Crippen molar-refractivity contribution in [2.75, 3.05) is 11.9 Å². The number of anilines is 1. The van der Waals surface area contributed by atoms with Crippen LogP contribution in [0.5, 0.6) is 0 Å². The summed E-state index contributed by atoms with van der Waals surface area (Å²) in [5, 5.41) is 4.83. The van der Waals surface area contributed by atoms with Gasteiger partial charge >= 0.3 is 0 Å². The minimum absolute atomic E-state index is 0.104. The highest BCUT2D eigenvalue weighted by Gasteiger charge is 2.23. The molecule has 0 saturated carbocycles. The molecule has 1 N–H and O–H groups in total. The third-order valence-corrected chi connectivity index (χ3v) is 5.42. The van der Waals surface area contributed by atoms with E-state index in [0.29, 0.717) is 11.2 Å². The molecule has 21 heavy (non-hydrogen) atoms. The zero-order valence-corrected chi connectivity index (χ0v) is 13.5. The second-order valence-corrected chi connectivity index (χ2v) is 7.25. The van der Waals surface area contributed by atoms with Crippen LogP contribution in [-0.2, 0) is 13.0 Å². The van der Waals surface area contributed by atoms with Crippen molar-refractivity contribution in [3.05, 3.63) is 32.7 Å². The Kier molecular flexibility index (Phi) is 4.05. The third kappa shape index (κ3) is 3.00.